The molecule has 0 amide bonds. The summed E-state index contributed by atoms with van der Waals surface area (Å²) >= 11 is 0. The van der Waals surface area contributed by atoms with Gasteiger partial charge in [0.25, 0.3) is 0 Å². The van der Waals surface area contributed by atoms with Crippen LogP contribution in [-0.4, -0.2) is 43.5 Å². The Balaban J connectivity index is 1.31. The Morgan fingerprint density at radius 2 is 1.94 bits per heavy atom. The first-order valence-electron chi connectivity index (χ1n) is 9.88. The lowest BCUT2D eigenvalue weighted by atomic mass is 10.2. The number of nitrogens with zero attached hydrogens (tertiary/aromatic N) is 5. The predicted molar refractivity (Wildman–Crippen MR) is 105 cm³/mol. The molecule has 2 unspecified atom stereocenters. The lowest BCUT2D eigenvalue weighted by Gasteiger charge is -2.21. The van der Waals surface area contributed by atoms with Crippen LogP contribution in [0.1, 0.15) is 36.6 Å². The first-order chi connectivity index (χ1) is 14.7. The molecule has 1 saturated heterocycles. The number of fused-ring (bicyclic) bond motifs is 1. The molecule has 3 heterocycles. The van der Waals surface area contributed by atoms with Crippen LogP contribution in [0.4, 0.5) is 19.0 Å². The summed E-state index contributed by atoms with van der Waals surface area (Å²) in [5.74, 6) is 1.89. The number of aromatic nitrogens is 4. The van der Waals surface area contributed by atoms with Crippen molar-refractivity contribution in [1.29, 1.82) is 0 Å². The second kappa shape index (κ2) is 7.24. The number of hydrogen-bond donors (Lipinski definition) is 1. The number of halogens is 3. The average Bonchev–Trinajstić information content (AvgIpc) is 3.31. The molecule has 2 atom stereocenters. The minimum absolute atomic E-state index is 0.359. The van der Waals surface area contributed by atoms with E-state index in [0.29, 0.717) is 43.0 Å². The lowest BCUT2D eigenvalue weighted by molar-refractivity contribution is -0.137. The van der Waals surface area contributed by atoms with E-state index in [2.05, 4.69) is 20.0 Å². The molecule has 3 aromatic rings. The molecule has 2 aromatic heterocycles. The van der Waals surface area contributed by atoms with E-state index in [1.807, 2.05) is 17.0 Å². The van der Waals surface area contributed by atoms with Gasteiger partial charge in [-0.15, -0.1) is 20.0 Å². The van der Waals surface area contributed by atoms with Gasteiger partial charge in [-0.1, -0.05) is 10.3 Å². The van der Waals surface area contributed by atoms with Gasteiger partial charge in [0.05, 0.1) is 11.6 Å². The zero-order valence-corrected chi connectivity index (χ0v) is 17.1. The van der Waals surface area contributed by atoms with Gasteiger partial charge in [0.15, 0.2) is 26.8 Å². The van der Waals surface area contributed by atoms with Gasteiger partial charge in [-0.2, -0.15) is 17.7 Å². The van der Waals surface area contributed by atoms with Crippen LogP contribution in [-0.2, 0) is 20.8 Å². The topological polar surface area (TPSA) is 98.5 Å². The highest BCUT2D eigenvalue weighted by Gasteiger charge is 2.35. The summed E-state index contributed by atoms with van der Waals surface area (Å²) in [4.78, 5) is 1.54. The molecular formula is C19H19F3N6O2S. The molecule has 1 saturated carbocycles. The Kier molecular flexibility index (Phi) is 4.75. The van der Waals surface area contributed by atoms with Gasteiger partial charge >= 0.3 is 6.18 Å². The average molecular weight is 452 g/mol. The van der Waals surface area contributed by atoms with Gasteiger partial charge in [-0.05, 0) is 43.5 Å². The number of alkyl halides is 3. The Hall–Kier alpha value is -2.57. The van der Waals surface area contributed by atoms with Crippen molar-refractivity contribution in [2.75, 3.05) is 18.0 Å². The molecule has 1 aliphatic carbocycles. The summed E-state index contributed by atoms with van der Waals surface area (Å²) in [6.07, 6.45) is -1.97. The zero-order valence-electron chi connectivity index (χ0n) is 16.2. The van der Waals surface area contributed by atoms with Gasteiger partial charge < -0.3 is 9.45 Å². The molecule has 0 spiro atoms. The molecule has 164 valence electrons. The molecule has 2 aliphatic rings. The third-order valence-corrected chi connectivity index (χ3v) is 7.04. The molecule has 31 heavy (non-hydrogen) atoms. The lowest BCUT2D eigenvalue weighted by Crippen LogP contribution is -2.41. The number of hydrogen-bond acceptors (Lipinski definition) is 6. The number of benzene rings is 1. The normalized spacial score (nSPS) is 21.5. The van der Waals surface area contributed by atoms with Crippen molar-refractivity contribution in [2.24, 2.45) is 0 Å². The van der Waals surface area contributed by atoms with Crippen molar-refractivity contribution in [3.8, 4) is 0 Å². The van der Waals surface area contributed by atoms with E-state index in [0.717, 1.165) is 36.9 Å². The third-order valence-electron chi connectivity index (χ3n) is 5.52. The Morgan fingerprint density at radius 1 is 1.13 bits per heavy atom. The molecule has 2 fully saturated rings. The summed E-state index contributed by atoms with van der Waals surface area (Å²) in [6, 6.07) is 6.93. The fraction of sp³-hybridized carbons (Fsp3) is 0.421. The summed E-state index contributed by atoms with van der Waals surface area (Å²) in [7, 11) is -4.09. The second-order valence-corrected chi connectivity index (χ2v) is 9.59. The van der Waals surface area contributed by atoms with E-state index >= 15 is 0 Å². The minimum Gasteiger partial charge on any atom is -0.593 e. The Morgan fingerprint density at radius 3 is 2.68 bits per heavy atom. The highest BCUT2D eigenvalue weighted by Crippen LogP contribution is 2.39. The summed E-state index contributed by atoms with van der Waals surface area (Å²) in [5, 5.41) is 13.0. The van der Waals surface area contributed by atoms with Gasteiger partial charge in [0.1, 0.15) is 5.82 Å². The van der Waals surface area contributed by atoms with E-state index in [1.54, 1.807) is 4.52 Å². The van der Waals surface area contributed by atoms with E-state index in [4.69, 9.17) is 0 Å². The van der Waals surface area contributed by atoms with E-state index in [-0.39, 0.29) is 0 Å². The van der Waals surface area contributed by atoms with Crippen LogP contribution in [0.15, 0.2) is 41.3 Å². The number of anilines is 1. The summed E-state index contributed by atoms with van der Waals surface area (Å²) in [5.41, 5.74) is -0.340. The standard InChI is InChI=1S/C19H19F3N6O2S/c20-19(21,22)13-2-1-3-15(10-13)31(29,30)26-14-8-9-27(11-14)17-7-6-16-23-24-18(12-4-5-12)28(16)25-17/h1-3,6-7,10,12,14H,4-5,8-9,11H2,(H-,26,29,30). The minimum atomic E-state index is -4.61. The Labute approximate surface area is 176 Å². The predicted octanol–water partition coefficient (Wildman–Crippen LogP) is 2.79. The SMILES string of the molecule is O=[S+]([O-])(NC1CCN(c2ccc3nnc(C4CC4)n3n2)C1)c1cccc(C(F)(F)F)c1. The van der Waals surface area contributed by atoms with Crippen LogP contribution < -0.4 is 9.62 Å². The van der Waals surface area contributed by atoms with Crippen LogP contribution in [0.5, 0.6) is 0 Å². The quantitative estimate of drug-likeness (QED) is 0.598. The fourth-order valence-electron chi connectivity index (χ4n) is 3.75. The largest absolute Gasteiger partial charge is 0.593 e. The van der Waals surface area contributed by atoms with Crippen molar-refractivity contribution in [3.63, 3.8) is 0 Å². The second-order valence-electron chi connectivity index (χ2n) is 7.87. The highest BCUT2D eigenvalue weighted by molar-refractivity contribution is 7.95. The van der Waals surface area contributed by atoms with Gasteiger partial charge in [0, 0.05) is 25.1 Å². The first-order valence-corrected chi connectivity index (χ1v) is 11.4. The van der Waals surface area contributed by atoms with E-state index in [1.165, 1.54) is 0 Å². The molecule has 1 N–H and O–H groups in total. The van der Waals surface area contributed by atoms with E-state index < -0.39 is 33.1 Å². The Bertz CT molecular complexity index is 1180. The van der Waals surface area contributed by atoms with Crippen molar-refractivity contribution in [3.05, 3.63) is 47.8 Å². The van der Waals surface area contributed by atoms with Crippen molar-refractivity contribution in [1.82, 2.24) is 24.5 Å². The smallest absolute Gasteiger partial charge is 0.416 e. The molecule has 5 rings (SSSR count). The van der Waals surface area contributed by atoms with E-state index in [9.17, 15) is 21.9 Å². The maximum atomic E-state index is 12.9. The molecule has 1 aromatic carbocycles. The van der Waals surface area contributed by atoms with Crippen LogP contribution >= 0.6 is 0 Å². The van der Waals surface area contributed by atoms with Crippen LogP contribution in [0.2, 0.25) is 0 Å². The molecule has 0 radical (unpaired) electrons. The van der Waals surface area contributed by atoms with Crippen LogP contribution in [0.25, 0.3) is 5.65 Å². The molecule has 8 nitrogen and oxygen atoms in total. The highest BCUT2D eigenvalue weighted by atomic mass is 32.3. The van der Waals surface area contributed by atoms with Gasteiger partial charge in [-0.25, -0.2) is 0 Å². The van der Waals surface area contributed by atoms with Gasteiger partial charge in [0.2, 0.25) is 0 Å². The number of sulfonamides is 1. The molecular weight excluding hydrogens is 433 g/mol. The zero-order chi connectivity index (χ0) is 21.8. The third kappa shape index (κ3) is 4.02. The monoisotopic (exact) mass is 452 g/mol. The number of nitrogens with one attached hydrogen (secondary N) is 1. The van der Waals surface area contributed by atoms with Crippen molar-refractivity contribution in [2.45, 2.75) is 42.3 Å². The van der Waals surface area contributed by atoms with Crippen molar-refractivity contribution < 1.29 is 21.9 Å². The molecule has 12 heteroatoms. The molecule has 1 aliphatic heterocycles. The maximum absolute atomic E-state index is 12.9. The summed E-state index contributed by atoms with van der Waals surface area (Å²) < 4.78 is 68.3. The van der Waals surface area contributed by atoms with Crippen molar-refractivity contribution >= 4 is 21.9 Å². The van der Waals surface area contributed by atoms with Crippen LogP contribution in [0.3, 0.4) is 0 Å². The summed E-state index contributed by atoms with van der Waals surface area (Å²) in [6.45, 7) is 0.923. The maximum Gasteiger partial charge on any atom is 0.416 e. The fourth-order valence-corrected chi connectivity index (χ4v) is 5.06. The molecule has 0 bridgehead atoms. The number of rotatable bonds is 5. The van der Waals surface area contributed by atoms with Gasteiger partial charge in [-0.3, -0.25) is 0 Å². The van der Waals surface area contributed by atoms with Crippen LogP contribution in [0, 0.1) is 0 Å². The first kappa shape index (κ1) is 20.3.